The predicted molar refractivity (Wildman–Crippen MR) is 89.2 cm³/mol. The van der Waals surface area contributed by atoms with E-state index in [1.54, 1.807) is 6.92 Å². The van der Waals surface area contributed by atoms with Crippen LogP contribution in [0.4, 0.5) is 13.2 Å². The first-order valence-corrected chi connectivity index (χ1v) is 8.26. The van der Waals surface area contributed by atoms with Crippen molar-refractivity contribution in [3.8, 4) is 11.5 Å². The Balaban J connectivity index is 1.82. The number of rotatable bonds is 3. The van der Waals surface area contributed by atoms with Gasteiger partial charge in [-0.05, 0) is 45.0 Å². The van der Waals surface area contributed by atoms with Crippen molar-refractivity contribution in [1.82, 2.24) is 15.2 Å². The molecule has 1 saturated heterocycles. The van der Waals surface area contributed by atoms with E-state index in [2.05, 4.69) is 10.3 Å². The highest BCUT2D eigenvalue weighted by Gasteiger charge is 2.38. The standard InChI is InChI=1S/C18H20F3N3O2/c1-11-14(10-24-9-8-22-16(25)17(24,2)3)23-15(26-11)12-4-6-13(7-5-12)18(19,20)21/h4-7H,8-10H2,1-3H3,(H,22,25). The minimum Gasteiger partial charge on any atom is -0.441 e. The topological polar surface area (TPSA) is 58.4 Å². The lowest BCUT2D eigenvalue weighted by atomic mass is 9.98. The average Bonchev–Trinajstić information content (AvgIpc) is 2.92. The largest absolute Gasteiger partial charge is 0.441 e. The van der Waals surface area contributed by atoms with Gasteiger partial charge in [-0.15, -0.1) is 0 Å². The van der Waals surface area contributed by atoms with E-state index in [0.29, 0.717) is 36.7 Å². The summed E-state index contributed by atoms with van der Waals surface area (Å²) in [5, 5.41) is 2.83. The molecule has 0 aliphatic carbocycles. The number of aromatic nitrogens is 1. The average molecular weight is 367 g/mol. The Kier molecular flexibility index (Phi) is 4.56. The zero-order valence-corrected chi connectivity index (χ0v) is 14.8. The molecule has 0 bridgehead atoms. The van der Waals surface area contributed by atoms with E-state index >= 15 is 0 Å². The Morgan fingerprint density at radius 2 is 1.92 bits per heavy atom. The molecule has 0 unspecified atom stereocenters. The highest BCUT2D eigenvalue weighted by molar-refractivity contribution is 5.86. The molecule has 1 aliphatic heterocycles. The van der Waals surface area contributed by atoms with Crippen LogP contribution in [0, 0.1) is 6.92 Å². The van der Waals surface area contributed by atoms with Crippen molar-refractivity contribution in [3.63, 3.8) is 0 Å². The summed E-state index contributed by atoms with van der Waals surface area (Å²) in [5.74, 6) is 0.806. The third kappa shape index (κ3) is 3.46. The van der Waals surface area contributed by atoms with E-state index < -0.39 is 17.3 Å². The van der Waals surface area contributed by atoms with Gasteiger partial charge in [0.25, 0.3) is 0 Å². The van der Waals surface area contributed by atoms with Crippen LogP contribution in [-0.4, -0.2) is 34.4 Å². The van der Waals surface area contributed by atoms with Crippen molar-refractivity contribution in [2.24, 2.45) is 0 Å². The van der Waals surface area contributed by atoms with Crippen LogP contribution < -0.4 is 5.32 Å². The van der Waals surface area contributed by atoms with Crippen molar-refractivity contribution in [3.05, 3.63) is 41.3 Å². The van der Waals surface area contributed by atoms with Gasteiger partial charge in [-0.2, -0.15) is 13.2 Å². The van der Waals surface area contributed by atoms with Gasteiger partial charge in [0.1, 0.15) is 5.76 Å². The summed E-state index contributed by atoms with van der Waals surface area (Å²) in [6, 6.07) is 4.70. The first kappa shape index (κ1) is 18.4. The second-order valence-electron chi connectivity index (χ2n) is 6.83. The fourth-order valence-electron chi connectivity index (χ4n) is 2.90. The molecule has 5 nitrogen and oxygen atoms in total. The van der Waals surface area contributed by atoms with Crippen LogP contribution in [0.3, 0.4) is 0 Å². The maximum absolute atomic E-state index is 12.7. The Labute approximate surface area is 149 Å². The maximum Gasteiger partial charge on any atom is 0.416 e. The van der Waals surface area contributed by atoms with Crippen LogP contribution in [0.5, 0.6) is 0 Å². The minimum atomic E-state index is -4.38. The SMILES string of the molecule is Cc1oc(-c2ccc(C(F)(F)F)cc2)nc1CN1CCNC(=O)C1(C)C. The number of carbonyl (C=O) groups is 1. The second-order valence-corrected chi connectivity index (χ2v) is 6.83. The molecule has 2 aromatic rings. The number of benzene rings is 1. The predicted octanol–water partition coefficient (Wildman–Crippen LogP) is 3.38. The van der Waals surface area contributed by atoms with Gasteiger partial charge < -0.3 is 9.73 Å². The van der Waals surface area contributed by atoms with E-state index in [1.807, 2.05) is 18.7 Å². The van der Waals surface area contributed by atoms with Crippen molar-refractivity contribution < 1.29 is 22.4 Å². The zero-order chi connectivity index (χ0) is 19.1. The third-order valence-electron chi connectivity index (χ3n) is 4.71. The molecule has 1 N–H and O–H groups in total. The van der Waals surface area contributed by atoms with Crippen LogP contribution in [0.2, 0.25) is 0 Å². The first-order valence-electron chi connectivity index (χ1n) is 8.26. The normalized spacial score (nSPS) is 18.0. The second kappa shape index (κ2) is 6.42. The van der Waals surface area contributed by atoms with Crippen molar-refractivity contribution in [1.29, 1.82) is 0 Å². The monoisotopic (exact) mass is 367 g/mol. The molecule has 0 radical (unpaired) electrons. The fraction of sp³-hybridized carbons (Fsp3) is 0.444. The molecule has 3 rings (SSSR count). The van der Waals surface area contributed by atoms with Crippen LogP contribution in [0.1, 0.15) is 30.9 Å². The number of alkyl halides is 3. The van der Waals surface area contributed by atoms with Crippen molar-refractivity contribution in [2.75, 3.05) is 13.1 Å². The molecule has 0 saturated carbocycles. The number of amides is 1. The van der Waals surface area contributed by atoms with Gasteiger partial charge in [0.15, 0.2) is 0 Å². The van der Waals surface area contributed by atoms with E-state index in [4.69, 9.17) is 4.42 Å². The van der Waals surface area contributed by atoms with Gasteiger partial charge in [-0.25, -0.2) is 4.98 Å². The molecular formula is C18H20F3N3O2. The molecule has 2 heterocycles. The number of halogens is 3. The Hall–Kier alpha value is -2.35. The van der Waals surface area contributed by atoms with Gasteiger partial charge in [0, 0.05) is 25.2 Å². The van der Waals surface area contributed by atoms with Gasteiger partial charge in [-0.1, -0.05) is 0 Å². The number of hydrogen-bond acceptors (Lipinski definition) is 4. The lowest BCUT2D eigenvalue weighted by molar-refractivity contribution is -0.137. The molecule has 8 heteroatoms. The Morgan fingerprint density at radius 1 is 1.27 bits per heavy atom. The van der Waals surface area contributed by atoms with E-state index in [9.17, 15) is 18.0 Å². The number of oxazole rings is 1. The smallest absolute Gasteiger partial charge is 0.416 e. The highest BCUT2D eigenvalue weighted by atomic mass is 19.4. The molecule has 26 heavy (non-hydrogen) atoms. The Morgan fingerprint density at radius 3 is 2.54 bits per heavy atom. The van der Waals surface area contributed by atoms with Crippen molar-refractivity contribution in [2.45, 2.75) is 39.0 Å². The van der Waals surface area contributed by atoms with Crippen LogP contribution >= 0.6 is 0 Å². The lowest BCUT2D eigenvalue weighted by Gasteiger charge is -2.40. The molecule has 1 aliphatic rings. The summed E-state index contributed by atoms with van der Waals surface area (Å²) < 4.78 is 43.7. The van der Waals surface area contributed by atoms with Gasteiger partial charge in [-0.3, -0.25) is 9.69 Å². The fourth-order valence-corrected chi connectivity index (χ4v) is 2.90. The molecule has 1 fully saturated rings. The van der Waals surface area contributed by atoms with Gasteiger partial charge in [0.2, 0.25) is 11.8 Å². The van der Waals surface area contributed by atoms with E-state index in [0.717, 1.165) is 12.1 Å². The molecule has 1 amide bonds. The summed E-state index contributed by atoms with van der Waals surface area (Å²) in [4.78, 5) is 18.5. The minimum absolute atomic E-state index is 0.0483. The molecule has 1 aromatic heterocycles. The number of piperazine rings is 1. The third-order valence-corrected chi connectivity index (χ3v) is 4.71. The summed E-state index contributed by atoms with van der Waals surface area (Å²) in [5.41, 5.74) is -0.241. The quantitative estimate of drug-likeness (QED) is 0.904. The van der Waals surface area contributed by atoms with Crippen LogP contribution in [0.15, 0.2) is 28.7 Å². The van der Waals surface area contributed by atoms with Gasteiger partial charge in [0.05, 0.1) is 16.8 Å². The summed E-state index contributed by atoms with van der Waals surface area (Å²) in [6.45, 7) is 7.11. The molecule has 0 spiro atoms. The molecule has 1 aromatic carbocycles. The number of nitrogens with one attached hydrogen (secondary N) is 1. The first-order chi connectivity index (χ1) is 12.1. The highest BCUT2D eigenvalue weighted by Crippen LogP contribution is 2.31. The Bertz CT molecular complexity index is 810. The van der Waals surface area contributed by atoms with E-state index in [1.165, 1.54) is 12.1 Å². The molecule has 0 atom stereocenters. The van der Waals surface area contributed by atoms with Crippen LogP contribution in [0.25, 0.3) is 11.5 Å². The number of carbonyl (C=O) groups excluding carboxylic acids is 1. The summed E-state index contributed by atoms with van der Waals surface area (Å²) >= 11 is 0. The number of aryl methyl sites for hydroxylation is 1. The zero-order valence-electron chi connectivity index (χ0n) is 14.8. The maximum atomic E-state index is 12.7. The number of nitrogens with zero attached hydrogens (tertiary/aromatic N) is 2. The summed E-state index contributed by atoms with van der Waals surface area (Å²) in [6.07, 6.45) is -4.38. The van der Waals surface area contributed by atoms with Crippen LogP contribution in [-0.2, 0) is 17.5 Å². The number of hydrogen-bond donors (Lipinski definition) is 1. The van der Waals surface area contributed by atoms with E-state index in [-0.39, 0.29) is 11.8 Å². The van der Waals surface area contributed by atoms with Gasteiger partial charge >= 0.3 is 6.18 Å². The summed E-state index contributed by atoms with van der Waals surface area (Å²) in [7, 11) is 0. The molecule has 140 valence electrons. The van der Waals surface area contributed by atoms with Crippen molar-refractivity contribution >= 4 is 5.91 Å². The lowest BCUT2D eigenvalue weighted by Crippen LogP contribution is -2.61. The molecular weight excluding hydrogens is 347 g/mol.